The van der Waals surface area contributed by atoms with Gasteiger partial charge in [-0.3, -0.25) is 14.4 Å². The normalized spacial score (nSPS) is 11.3. The molecular weight excluding hydrogens is 500 g/mol. The van der Waals surface area contributed by atoms with Gasteiger partial charge >= 0.3 is 5.97 Å². The highest BCUT2D eigenvalue weighted by molar-refractivity contribution is 5.88. The topological polar surface area (TPSA) is 125 Å². The Balaban J connectivity index is 1.43. The van der Waals surface area contributed by atoms with Crippen LogP contribution in [0, 0.1) is 0 Å². The lowest BCUT2D eigenvalue weighted by Crippen LogP contribution is -2.12. The number of hydrogen-bond acceptors (Lipinski definition) is 8. The Bertz CT molecular complexity index is 1330. The summed E-state index contributed by atoms with van der Waals surface area (Å²) in [6, 6.07) is 3.00. The number of hydrogen-bond donors (Lipinski definition) is 1. The van der Waals surface area contributed by atoms with Crippen LogP contribution in [0.3, 0.4) is 0 Å². The molecule has 2 aromatic heterocycles. The van der Waals surface area contributed by atoms with Crippen molar-refractivity contribution in [1.29, 1.82) is 0 Å². The van der Waals surface area contributed by atoms with Gasteiger partial charge in [0.25, 0.3) is 5.56 Å². The highest BCUT2D eigenvalue weighted by atomic mass is 16.5. The number of carbonyl (C=O) groups is 1. The van der Waals surface area contributed by atoms with Gasteiger partial charge in [-0.05, 0) is 12.5 Å². The second-order valence-electron chi connectivity index (χ2n) is 9.94. The molecule has 39 heavy (non-hydrogen) atoms. The van der Waals surface area contributed by atoms with Crippen molar-refractivity contribution in [2.75, 3.05) is 14.2 Å². The first-order valence-electron chi connectivity index (χ1n) is 14.2. The lowest BCUT2D eigenvalue weighted by molar-refractivity contribution is -0.148. The molecule has 0 aliphatic heterocycles. The molecule has 0 aliphatic rings. The van der Waals surface area contributed by atoms with Crippen LogP contribution in [0.4, 0.5) is 0 Å². The zero-order valence-corrected chi connectivity index (χ0v) is 23.6. The molecule has 0 saturated carbocycles. The molecule has 3 aromatic rings. The molecule has 0 radical (unpaired) electrons. The van der Waals surface area contributed by atoms with Crippen molar-refractivity contribution in [2.24, 2.45) is 0 Å². The third-order valence-corrected chi connectivity index (χ3v) is 6.93. The minimum atomic E-state index is -0.589. The SMILES string of the molecule is CCCCCCCCCCCCCCCC(=O)OCn1nc2c(=O)[nH]c3cc(OC)c(OC)cc3c(=O)c2n1. The Morgan fingerprint density at radius 3 is 1.92 bits per heavy atom. The molecule has 0 amide bonds. The van der Waals surface area contributed by atoms with Gasteiger partial charge in [0.05, 0.1) is 25.1 Å². The minimum Gasteiger partial charge on any atom is -0.493 e. The van der Waals surface area contributed by atoms with Gasteiger partial charge in [-0.2, -0.15) is 0 Å². The Morgan fingerprint density at radius 1 is 0.795 bits per heavy atom. The highest BCUT2D eigenvalue weighted by Gasteiger charge is 2.16. The van der Waals surface area contributed by atoms with Crippen molar-refractivity contribution in [1.82, 2.24) is 20.0 Å². The summed E-state index contributed by atoms with van der Waals surface area (Å²) in [7, 11) is 2.92. The quantitative estimate of drug-likeness (QED) is 0.162. The number of ether oxygens (including phenoxy) is 3. The molecule has 1 aromatic carbocycles. The standard InChI is InChI=1S/C29H42N4O6/c1-4-5-6-7-8-9-10-11-12-13-14-15-16-17-25(34)39-20-33-31-26-27(32-33)29(36)30-22-19-24(38-3)23(37-2)18-21(22)28(26)35/h18-19H,4-17,20H2,1-3H3,(H,30,36). The van der Waals surface area contributed by atoms with E-state index in [-0.39, 0.29) is 34.6 Å². The predicted octanol–water partition coefficient (Wildman–Crippen LogP) is 5.63. The molecule has 2 heterocycles. The van der Waals surface area contributed by atoms with Crippen molar-refractivity contribution >= 4 is 27.9 Å². The number of carbonyl (C=O) groups excluding carboxylic acids is 1. The summed E-state index contributed by atoms with van der Waals surface area (Å²) in [5.74, 6) is 0.359. The largest absolute Gasteiger partial charge is 0.493 e. The van der Waals surface area contributed by atoms with E-state index >= 15 is 0 Å². The number of H-pyrrole nitrogens is 1. The summed E-state index contributed by atoms with van der Waals surface area (Å²) in [5.41, 5.74) is -1.07. The van der Waals surface area contributed by atoms with Crippen LogP contribution in [0.25, 0.3) is 21.9 Å². The van der Waals surface area contributed by atoms with Crippen molar-refractivity contribution in [2.45, 2.75) is 104 Å². The Labute approximate surface area is 229 Å². The van der Waals surface area contributed by atoms with E-state index in [4.69, 9.17) is 14.2 Å². The smallest absolute Gasteiger partial charge is 0.307 e. The summed E-state index contributed by atoms with van der Waals surface area (Å²) in [6.07, 6.45) is 16.4. The molecule has 10 heteroatoms. The number of aromatic amines is 1. The van der Waals surface area contributed by atoms with E-state index in [9.17, 15) is 14.4 Å². The number of esters is 1. The maximum Gasteiger partial charge on any atom is 0.307 e. The maximum atomic E-state index is 13.1. The van der Waals surface area contributed by atoms with Gasteiger partial charge in [-0.25, -0.2) is 0 Å². The molecule has 0 saturated heterocycles. The van der Waals surface area contributed by atoms with Crippen LogP contribution in [0.1, 0.15) is 96.8 Å². The third-order valence-electron chi connectivity index (χ3n) is 6.93. The van der Waals surface area contributed by atoms with Crippen LogP contribution in [-0.2, 0) is 16.3 Å². The number of nitrogens with zero attached hydrogens (tertiary/aromatic N) is 3. The summed E-state index contributed by atoms with van der Waals surface area (Å²) in [5, 5.41) is 8.41. The van der Waals surface area contributed by atoms with E-state index < -0.39 is 11.0 Å². The van der Waals surface area contributed by atoms with Gasteiger partial charge in [0.1, 0.15) is 0 Å². The molecule has 0 bridgehead atoms. The molecule has 0 fully saturated rings. The van der Waals surface area contributed by atoms with Gasteiger partial charge in [-0.15, -0.1) is 15.0 Å². The average Bonchev–Trinajstić information content (AvgIpc) is 3.35. The van der Waals surface area contributed by atoms with Gasteiger partial charge in [-0.1, -0.05) is 84.0 Å². The van der Waals surface area contributed by atoms with Gasteiger partial charge in [0, 0.05) is 12.5 Å². The lowest BCUT2D eigenvalue weighted by Gasteiger charge is -2.07. The van der Waals surface area contributed by atoms with Crippen LogP contribution in [0.2, 0.25) is 0 Å². The fourth-order valence-electron chi connectivity index (χ4n) is 4.68. The Morgan fingerprint density at radius 2 is 1.33 bits per heavy atom. The van der Waals surface area contributed by atoms with Crippen molar-refractivity contribution in [3.63, 3.8) is 0 Å². The molecule has 214 valence electrons. The number of nitrogens with one attached hydrogen (secondary N) is 1. The molecule has 0 atom stereocenters. The van der Waals surface area contributed by atoms with E-state index in [2.05, 4.69) is 22.1 Å². The van der Waals surface area contributed by atoms with Crippen molar-refractivity contribution in [3.05, 3.63) is 32.7 Å². The summed E-state index contributed by atoms with van der Waals surface area (Å²) in [6.45, 7) is 1.97. The number of benzene rings is 1. The van der Waals surface area contributed by atoms with Crippen LogP contribution < -0.4 is 20.5 Å². The van der Waals surface area contributed by atoms with Crippen molar-refractivity contribution in [3.8, 4) is 11.5 Å². The van der Waals surface area contributed by atoms with Crippen LogP contribution in [-0.4, -0.2) is 40.2 Å². The molecular formula is C29H42N4O6. The minimum absolute atomic E-state index is 0.119. The van der Waals surface area contributed by atoms with E-state index in [0.29, 0.717) is 17.9 Å². The van der Waals surface area contributed by atoms with E-state index in [0.717, 1.165) is 24.1 Å². The van der Waals surface area contributed by atoms with E-state index in [1.807, 2.05) is 0 Å². The maximum absolute atomic E-state index is 13.1. The number of rotatable bonds is 18. The Hall–Kier alpha value is -3.43. The number of unbranched alkanes of at least 4 members (excludes halogenated alkanes) is 12. The molecule has 1 N–H and O–H groups in total. The molecule has 0 unspecified atom stereocenters. The van der Waals surface area contributed by atoms with Crippen molar-refractivity contribution < 1.29 is 19.0 Å². The first-order valence-corrected chi connectivity index (χ1v) is 14.2. The van der Waals surface area contributed by atoms with Gasteiger partial charge in [0.15, 0.2) is 22.5 Å². The highest BCUT2D eigenvalue weighted by Crippen LogP contribution is 2.29. The van der Waals surface area contributed by atoms with Crippen LogP contribution >= 0.6 is 0 Å². The summed E-state index contributed by atoms with van der Waals surface area (Å²) >= 11 is 0. The second-order valence-corrected chi connectivity index (χ2v) is 9.94. The van der Waals surface area contributed by atoms with E-state index in [1.54, 1.807) is 0 Å². The molecule has 0 aliphatic carbocycles. The number of fused-ring (bicyclic) bond motifs is 2. The van der Waals surface area contributed by atoms with Crippen LogP contribution in [0.5, 0.6) is 11.5 Å². The first kappa shape index (κ1) is 30.1. The summed E-state index contributed by atoms with van der Waals surface area (Å²) in [4.78, 5) is 41.7. The Kier molecular flexibility index (Phi) is 12.2. The fourth-order valence-corrected chi connectivity index (χ4v) is 4.68. The van der Waals surface area contributed by atoms with Gasteiger partial charge in [0.2, 0.25) is 12.2 Å². The zero-order chi connectivity index (χ0) is 28.0. The molecule has 10 nitrogen and oxygen atoms in total. The van der Waals surface area contributed by atoms with Crippen LogP contribution in [0.15, 0.2) is 21.7 Å². The summed E-state index contributed by atoms with van der Waals surface area (Å²) < 4.78 is 15.8. The third kappa shape index (κ3) is 8.80. The molecule has 0 spiro atoms. The predicted molar refractivity (Wildman–Crippen MR) is 151 cm³/mol. The first-order chi connectivity index (χ1) is 19.0. The zero-order valence-electron chi connectivity index (χ0n) is 23.6. The molecule has 3 rings (SSSR count). The fraction of sp³-hybridized carbons (Fsp3) is 0.621. The second kappa shape index (κ2) is 15.9. The number of methoxy groups -OCH3 is 2. The monoisotopic (exact) mass is 542 g/mol. The average molecular weight is 543 g/mol. The van der Waals surface area contributed by atoms with Gasteiger partial charge < -0.3 is 19.2 Å². The lowest BCUT2D eigenvalue weighted by atomic mass is 10.0. The van der Waals surface area contributed by atoms with E-state index in [1.165, 1.54) is 90.6 Å². The number of aromatic nitrogens is 4.